The standard InChI is InChI=1S/C18H12BrClN4O/c19-12-2-4-14-16(6-12)24-18(23-14)15-3-1-11(8-21-15)17-13(20)5-10(9-25)7-22-17/h1-8,25H,9H2,(H,23,24). The van der Waals surface area contributed by atoms with Gasteiger partial charge in [-0.3, -0.25) is 9.97 Å². The van der Waals surface area contributed by atoms with E-state index in [4.69, 9.17) is 16.7 Å². The van der Waals surface area contributed by atoms with E-state index in [2.05, 4.69) is 35.9 Å². The van der Waals surface area contributed by atoms with Crippen molar-refractivity contribution in [2.24, 2.45) is 0 Å². The van der Waals surface area contributed by atoms with Crippen LogP contribution in [0.4, 0.5) is 0 Å². The number of rotatable bonds is 3. The monoisotopic (exact) mass is 414 g/mol. The number of imidazole rings is 1. The summed E-state index contributed by atoms with van der Waals surface area (Å²) in [4.78, 5) is 16.6. The second-order valence-electron chi connectivity index (χ2n) is 5.51. The van der Waals surface area contributed by atoms with Crippen LogP contribution in [0.5, 0.6) is 0 Å². The van der Waals surface area contributed by atoms with Crippen LogP contribution in [0.25, 0.3) is 33.8 Å². The van der Waals surface area contributed by atoms with Gasteiger partial charge in [0.05, 0.1) is 28.4 Å². The number of hydrogen-bond donors (Lipinski definition) is 2. The smallest absolute Gasteiger partial charge is 0.157 e. The van der Waals surface area contributed by atoms with Crippen molar-refractivity contribution >= 4 is 38.6 Å². The highest BCUT2D eigenvalue weighted by molar-refractivity contribution is 9.10. The normalized spacial score (nSPS) is 11.2. The molecule has 7 heteroatoms. The number of nitrogens with zero attached hydrogens (tertiary/aromatic N) is 3. The predicted molar refractivity (Wildman–Crippen MR) is 101 cm³/mol. The van der Waals surface area contributed by atoms with E-state index in [1.807, 2.05) is 30.3 Å². The number of pyridine rings is 2. The molecule has 0 atom stereocenters. The van der Waals surface area contributed by atoms with Gasteiger partial charge in [-0.15, -0.1) is 0 Å². The van der Waals surface area contributed by atoms with Gasteiger partial charge in [-0.2, -0.15) is 0 Å². The fourth-order valence-electron chi connectivity index (χ4n) is 2.55. The third-order valence-corrected chi connectivity index (χ3v) is 4.59. The van der Waals surface area contributed by atoms with Crippen LogP contribution in [0.1, 0.15) is 5.56 Å². The van der Waals surface area contributed by atoms with E-state index in [0.29, 0.717) is 22.1 Å². The van der Waals surface area contributed by atoms with Gasteiger partial charge in [-0.25, -0.2) is 4.98 Å². The molecule has 0 saturated heterocycles. The average Bonchev–Trinajstić information content (AvgIpc) is 3.05. The van der Waals surface area contributed by atoms with Crippen LogP contribution in [0.2, 0.25) is 5.02 Å². The van der Waals surface area contributed by atoms with E-state index in [1.165, 1.54) is 0 Å². The zero-order chi connectivity index (χ0) is 17.4. The Kier molecular flexibility index (Phi) is 4.25. The number of aliphatic hydroxyl groups excluding tert-OH is 1. The lowest BCUT2D eigenvalue weighted by Crippen LogP contribution is -1.92. The molecule has 124 valence electrons. The number of aliphatic hydroxyl groups is 1. The lowest BCUT2D eigenvalue weighted by Gasteiger charge is -2.05. The summed E-state index contributed by atoms with van der Waals surface area (Å²) in [5, 5.41) is 9.62. The van der Waals surface area contributed by atoms with Gasteiger partial charge < -0.3 is 10.1 Å². The molecule has 3 aromatic heterocycles. The van der Waals surface area contributed by atoms with E-state index in [9.17, 15) is 0 Å². The Morgan fingerprint density at radius 1 is 1.08 bits per heavy atom. The second kappa shape index (κ2) is 6.55. The molecule has 0 fully saturated rings. The molecule has 0 aliphatic carbocycles. The van der Waals surface area contributed by atoms with Crippen LogP contribution in [-0.2, 0) is 6.61 Å². The van der Waals surface area contributed by atoms with E-state index < -0.39 is 0 Å². The maximum absolute atomic E-state index is 9.14. The van der Waals surface area contributed by atoms with Crippen molar-refractivity contribution in [1.82, 2.24) is 19.9 Å². The van der Waals surface area contributed by atoms with Crippen LogP contribution in [0.3, 0.4) is 0 Å². The Morgan fingerprint density at radius 2 is 1.96 bits per heavy atom. The Labute approximate surface area is 156 Å². The van der Waals surface area contributed by atoms with Gasteiger partial charge in [-0.1, -0.05) is 27.5 Å². The second-order valence-corrected chi connectivity index (χ2v) is 6.83. The first-order chi connectivity index (χ1) is 12.1. The Bertz CT molecular complexity index is 1060. The molecular weight excluding hydrogens is 404 g/mol. The fourth-order valence-corrected chi connectivity index (χ4v) is 3.21. The van der Waals surface area contributed by atoms with E-state index >= 15 is 0 Å². The van der Waals surface area contributed by atoms with Crippen LogP contribution in [0, 0.1) is 0 Å². The van der Waals surface area contributed by atoms with Crippen LogP contribution in [-0.4, -0.2) is 25.0 Å². The number of H-pyrrole nitrogens is 1. The SMILES string of the molecule is OCc1cnc(-c2ccc(-c3nc4ccc(Br)cc4[nH]3)nc2)c(Cl)c1. The number of fused-ring (bicyclic) bond motifs is 1. The Balaban J connectivity index is 1.69. The molecule has 1 aromatic carbocycles. The molecule has 0 saturated carbocycles. The van der Waals surface area contributed by atoms with E-state index in [0.717, 1.165) is 26.8 Å². The predicted octanol–water partition coefficient (Wildman–Crippen LogP) is 4.60. The number of hydrogen-bond acceptors (Lipinski definition) is 4. The summed E-state index contributed by atoms with van der Waals surface area (Å²) in [5.41, 5.74) is 4.67. The van der Waals surface area contributed by atoms with Gasteiger partial charge in [0, 0.05) is 22.4 Å². The molecule has 2 N–H and O–H groups in total. The van der Waals surface area contributed by atoms with E-state index in [-0.39, 0.29) is 6.61 Å². The van der Waals surface area contributed by atoms with Crippen molar-refractivity contribution < 1.29 is 5.11 Å². The molecule has 0 amide bonds. The van der Waals surface area contributed by atoms with Crippen molar-refractivity contribution in [1.29, 1.82) is 0 Å². The molecule has 3 heterocycles. The maximum atomic E-state index is 9.14. The molecule has 0 spiro atoms. The first kappa shape index (κ1) is 16.2. The topological polar surface area (TPSA) is 74.7 Å². The first-order valence-corrected chi connectivity index (χ1v) is 8.68. The molecule has 0 radical (unpaired) electrons. The zero-order valence-electron chi connectivity index (χ0n) is 12.9. The summed E-state index contributed by atoms with van der Waals surface area (Å²) < 4.78 is 0.991. The van der Waals surface area contributed by atoms with Crippen LogP contribution >= 0.6 is 27.5 Å². The van der Waals surface area contributed by atoms with Crippen molar-refractivity contribution in [3.63, 3.8) is 0 Å². The van der Waals surface area contributed by atoms with Crippen molar-refractivity contribution in [3.05, 3.63) is 63.9 Å². The molecule has 4 aromatic rings. The van der Waals surface area contributed by atoms with E-state index in [1.54, 1.807) is 18.5 Å². The summed E-state index contributed by atoms with van der Waals surface area (Å²) in [6.07, 6.45) is 3.32. The third-order valence-electron chi connectivity index (χ3n) is 3.80. The summed E-state index contributed by atoms with van der Waals surface area (Å²) >= 11 is 9.70. The Morgan fingerprint density at radius 3 is 2.68 bits per heavy atom. The minimum Gasteiger partial charge on any atom is -0.392 e. The summed E-state index contributed by atoms with van der Waals surface area (Å²) in [5.74, 6) is 0.703. The summed E-state index contributed by atoms with van der Waals surface area (Å²) in [7, 11) is 0. The van der Waals surface area contributed by atoms with Gasteiger partial charge in [0.1, 0.15) is 5.69 Å². The lowest BCUT2D eigenvalue weighted by molar-refractivity contribution is 0.281. The van der Waals surface area contributed by atoms with Crippen molar-refractivity contribution in [2.45, 2.75) is 6.61 Å². The number of aromatic amines is 1. The highest BCUT2D eigenvalue weighted by atomic mass is 79.9. The first-order valence-electron chi connectivity index (χ1n) is 7.51. The Hall–Kier alpha value is -2.28. The lowest BCUT2D eigenvalue weighted by atomic mass is 10.1. The molecule has 4 rings (SSSR count). The van der Waals surface area contributed by atoms with Crippen molar-refractivity contribution in [3.8, 4) is 22.8 Å². The zero-order valence-corrected chi connectivity index (χ0v) is 15.2. The van der Waals surface area contributed by atoms with Crippen LogP contribution in [0.15, 0.2) is 53.3 Å². The fraction of sp³-hybridized carbons (Fsp3) is 0.0556. The van der Waals surface area contributed by atoms with Gasteiger partial charge in [0.15, 0.2) is 5.82 Å². The third kappa shape index (κ3) is 3.16. The van der Waals surface area contributed by atoms with Gasteiger partial charge in [-0.05, 0) is 42.0 Å². The van der Waals surface area contributed by atoms with Crippen molar-refractivity contribution in [2.75, 3.05) is 0 Å². The number of nitrogens with one attached hydrogen (secondary N) is 1. The summed E-state index contributed by atoms with van der Waals surface area (Å²) in [6.45, 7) is -0.0909. The van der Waals surface area contributed by atoms with Gasteiger partial charge >= 0.3 is 0 Å². The van der Waals surface area contributed by atoms with Crippen LogP contribution < -0.4 is 0 Å². The highest BCUT2D eigenvalue weighted by Gasteiger charge is 2.10. The van der Waals surface area contributed by atoms with Gasteiger partial charge in [0.25, 0.3) is 0 Å². The molecule has 0 aliphatic heterocycles. The molecule has 25 heavy (non-hydrogen) atoms. The quantitative estimate of drug-likeness (QED) is 0.513. The number of benzene rings is 1. The average molecular weight is 416 g/mol. The summed E-state index contributed by atoms with van der Waals surface area (Å²) in [6, 6.07) is 11.4. The molecular formula is C18H12BrClN4O. The molecule has 0 unspecified atom stereocenters. The minimum absolute atomic E-state index is 0.0909. The highest BCUT2D eigenvalue weighted by Crippen LogP contribution is 2.28. The molecule has 0 bridgehead atoms. The molecule has 5 nitrogen and oxygen atoms in total. The molecule has 0 aliphatic rings. The van der Waals surface area contributed by atoms with Gasteiger partial charge in [0.2, 0.25) is 0 Å². The number of halogens is 2. The minimum atomic E-state index is -0.0909. The largest absolute Gasteiger partial charge is 0.392 e. The maximum Gasteiger partial charge on any atom is 0.157 e. The number of aromatic nitrogens is 4.